The number of rotatable bonds is 32. The van der Waals surface area contributed by atoms with Gasteiger partial charge in [0.15, 0.2) is 17.9 Å². The molecular weight excluding hydrogens is 1250 g/mol. The Bertz CT molecular complexity index is 3210. The molecule has 1 heterocycles. The van der Waals surface area contributed by atoms with Crippen LogP contribution in [0, 0.1) is 11.8 Å². The monoisotopic (exact) mass is 1340 g/mol. The van der Waals surface area contributed by atoms with Crippen LogP contribution in [-0.2, 0) is 63.8 Å². The third kappa shape index (κ3) is 18.6. The molecule has 6 rings (SSSR count). The van der Waals surface area contributed by atoms with E-state index >= 15 is 0 Å². The third-order valence-corrected chi connectivity index (χ3v) is 17.5. The number of methoxy groups -OCH3 is 1. The number of benzene rings is 2. The number of ketones is 3. The molecule has 95 heavy (non-hydrogen) atoms. The highest BCUT2D eigenvalue weighted by Crippen LogP contribution is 2.52. The number of Topliss-reactive ketones (excluding diaryl/α,β-unsaturated/α-hetero) is 1. The fraction of sp³-hybridized carbons (Fsp3) is 0.619. The summed E-state index contributed by atoms with van der Waals surface area (Å²) < 4.78 is 17.7. The van der Waals surface area contributed by atoms with Crippen molar-refractivity contribution < 1.29 is 107 Å². The van der Waals surface area contributed by atoms with Crippen molar-refractivity contribution in [1.82, 2.24) is 42.5 Å². The lowest BCUT2D eigenvalue weighted by Crippen LogP contribution is -2.62. The number of carbonyl (C=O) groups is 12. The lowest BCUT2D eigenvalue weighted by molar-refractivity contribution is -0.249. The summed E-state index contributed by atoms with van der Waals surface area (Å²) in [7, 11) is 1.26. The van der Waals surface area contributed by atoms with Gasteiger partial charge < -0.3 is 104 Å². The highest BCUT2D eigenvalue weighted by molar-refractivity contribution is 6.31. The summed E-state index contributed by atoms with van der Waals surface area (Å²) in [4.78, 5) is 163. The molecule has 1 saturated heterocycles. The normalized spacial score (nSPS) is 22.3. The van der Waals surface area contributed by atoms with Crippen molar-refractivity contribution in [2.45, 2.75) is 203 Å². The minimum atomic E-state index is -2.50. The van der Waals surface area contributed by atoms with Gasteiger partial charge in [-0.2, -0.15) is 0 Å². The van der Waals surface area contributed by atoms with Gasteiger partial charge in [-0.05, 0) is 83.2 Å². The molecule has 0 radical (unpaired) electrons. The SMILES string of the molecule is COc1cccc2c1C(=O)c1c(O)c3c(c(O)c1C2=O)C[C@@](O)(C(=O)CO)C[C@@H]3OC1CC(NC(=O)[C@H](CC(C)C)NC(=O)[C@H](CO)NC(=O)[C@H](CCC(N)=O)NC(=O)[C@@H](NC(=O)[C@H](CO)NC(=O)[C@H](C)NC(=O)[C@H](CCCCN)NC(C)=O)C2CCCCC2)C(O)C(C)O1. The number of hydrogen-bond acceptors (Lipinski definition) is 23. The van der Waals surface area contributed by atoms with Crippen molar-refractivity contribution >= 4 is 70.5 Å². The zero-order valence-electron chi connectivity index (χ0n) is 54.0. The Hall–Kier alpha value is -8.24. The lowest BCUT2D eigenvalue weighted by Gasteiger charge is -2.43. The number of primary amides is 1. The van der Waals surface area contributed by atoms with Crippen molar-refractivity contribution in [2.24, 2.45) is 23.3 Å². The summed E-state index contributed by atoms with van der Waals surface area (Å²) in [5.41, 5.74) is 6.18. The second kappa shape index (κ2) is 33.9. The Kier molecular flexibility index (Phi) is 27.1. The van der Waals surface area contributed by atoms with Gasteiger partial charge in [-0.1, -0.05) is 45.2 Å². The van der Waals surface area contributed by atoms with Crippen LogP contribution in [0.2, 0.25) is 0 Å². The Balaban J connectivity index is 1.16. The summed E-state index contributed by atoms with van der Waals surface area (Å²) in [5, 5.41) is 97.9. The first-order chi connectivity index (χ1) is 44.9. The molecule has 0 bridgehead atoms. The maximum atomic E-state index is 14.4. The minimum Gasteiger partial charge on any atom is -0.507 e. The number of aromatic hydroxyl groups is 2. The van der Waals surface area contributed by atoms with Gasteiger partial charge >= 0.3 is 0 Å². The van der Waals surface area contributed by atoms with Gasteiger partial charge in [0.25, 0.3) is 0 Å². The van der Waals surface area contributed by atoms with E-state index in [-0.39, 0.29) is 46.8 Å². The standard InChI is InChI=1S/C63H90N10O22/c1-28(2)21-38(59(88)69-37-22-45(94-30(4)51(37)80)95-42-24-63(92,43(78)27-76)23-34-47(42)55(84)49-48(53(34)82)52(81)33-15-12-17-41(93-6)46(33)54(49)83)70-60(89)39(25-74)72-58(87)36(18-19-44(65)79)68-62(91)50(32-13-8-7-9-14-32)73-61(90)40(26-75)71-56(85)29(3)66-57(86)35(67-31(5)77)16-10-11-20-64/h12,15,17,28-30,32,35-40,42,45,50-51,74-76,80,82,84,92H,7-11,13-14,16,18-27,64H2,1-6H3,(H2,65,79)(H,66,86)(H,67,77)(H,68,91)(H,69,88)(H,70,89)(H,71,85)(H,72,87)(H,73,90)/t29-,30?,35-,36-,37?,38-,39-,40-,42-,45?,50-,51?,63-/m0/s1. The highest BCUT2D eigenvalue weighted by atomic mass is 16.7. The van der Waals surface area contributed by atoms with Gasteiger partial charge in [-0.15, -0.1) is 0 Å². The molecule has 32 nitrogen and oxygen atoms in total. The van der Waals surface area contributed by atoms with E-state index in [9.17, 15) is 93.3 Å². The minimum absolute atomic E-state index is 0.0208. The molecule has 32 heteroatoms. The molecule has 4 aliphatic rings. The van der Waals surface area contributed by atoms with Crippen LogP contribution < -0.4 is 58.7 Å². The predicted molar refractivity (Wildman–Crippen MR) is 332 cm³/mol. The summed E-state index contributed by atoms with van der Waals surface area (Å²) in [5.74, 6) is -13.7. The third-order valence-electron chi connectivity index (χ3n) is 17.5. The van der Waals surface area contributed by atoms with E-state index in [0.29, 0.717) is 45.1 Å². The Morgan fingerprint density at radius 2 is 1.31 bits per heavy atom. The van der Waals surface area contributed by atoms with Crippen molar-refractivity contribution in [3.8, 4) is 17.2 Å². The Labute approximate surface area is 547 Å². The van der Waals surface area contributed by atoms with Gasteiger partial charge in [0.05, 0.1) is 55.3 Å². The average Bonchev–Trinajstić information content (AvgIpc) is 0.712. The van der Waals surface area contributed by atoms with Gasteiger partial charge in [0, 0.05) is 49.3 Å². The lowest BCUT2D eigenvalue weighted by atomic mass is 9.72. The number of aliphatic hydroxyl groups is 5. The van der Waals surface area contributed by atoms with Crippen LogP contribution in [0.15, 0.2) is 18.2 Å². The van der Waals surface area contributed by atoms with E-state index < -0.39 is 230 Å². The number of unbranched alkanes of at least 4 members (excludes halogenated alkanes) is 1. The van der Waals surface area contributed by atoms with Crippen LogP contribution in [0.3, 0.4) is 0 Å². The topological polar surface area (TPSA) is 522 Å². The van der Waals surface area contributed by atoms with Crippen LogP contribution in [-0.4, -0.2) is 212 Å². The van der Waals surface area contributed by atoms with Gasteiger partial charge in [-0.3, -0.25) is 57.5 Å². The molecule has 0 aromatic heterocycles. The van der Waals surface area contributed by atoms with E-state index in [0.717, 1.165) is 6.42 Å². The predicted octanol–water partition coefficient (Wildman–Crippen LogP) is -3.40. The molecule has 1 aliphatic heterocycles. The summed E-state index contributed by atoms with van der Waals surface area (Å²) in [6.07, 6.45) is -4.63. The van der Waals surface area contributed by atoms with Crippen molar-refractivity contribution in [2.75, 3.05) is 33.5 Å². The number of nitrogens with one attached hydrogen (secondary N) is 8. The van der Waals surface area contributed by atoms with E-state index in [1.54, 1.807) is 13.8 Å². The first-order valence-corrected chi connectivity index (χ1v) is 31.8. The summed E-state index contributed by atoms with van der Waals surface area (Å²) in [6.45, 7) is 4.44. The molecular formula is C63H90N10O22. The number of fused-ring (bicyclic) bond motifs is 3. The van der Waals surface area contributed by atoms with Crippen LogP contribution >= 0.6 is 0 Å². The number of phenolic OH excluding ortho intramolecular Hbond substituents is 2. The first-order valence-electron chi connectivity index (χ1n) is 31.8. The van der Waals surface area contributed by atoms with Gasteiger partial charge in [0.1, 0.15) is 77.9 Å². The zero-order valence-corrected chi connectivity index (χ0v) is 54.0. The Morgan fingerprint density at radius 3 is 1.91 bits per heavy atom. The highest BCUT2D eigenvalue weighted by Gasteiger charge is 2.51. The van der Waals surface area contributed by atoms with Crippen molar-refractivity contribution in [3.63, 3.8) is 0 Å². The fourth-order valence-corrected chi connectivity index (χ4v) is 12.4. The molecule has 4 unspecified atom stereocenters. The number of aliphatic hydroxyl groups excluding tert-OH is 4. The maximum Gasteiger partial charge on any atom is 0.245 e. The largest absolute Gasteiger partial charge is 0.507 e. The molecule has 3 aliphatic carbocycles. The number of hydrogen-bond donors (Lipinski definition) is 17. The molecule has 2 fully saturated rings. The van der Waals surface area contributed by atoms with Crippen LogP contribution in [0.5, 0.6) is 17.2 Å². The summed E-state index contributed by atoms with van der Waals surface area (Å²) >= 11 is 0. The van der Waals surface area contributed by atoms with Crippen LogP contribution in [0.1, 0.15) is 167 Å². The van der Waals surface area contributed by atoms with Gasteiger partial charge in [-0.25, -0.2) is 0 Å². The molecule has 19 N–H and O–H groups in total. The van der Waals surface area contributed by atoms with Gasteiger partial charge in [0.2, 0.25) is 58.9 Å². The van der Waals surface area contributed by atoms with E-state index in [4.69, 9.17) is 25.7 Å². The number of phenols is 2. The molecule has 0 spiro atoms. The molecule has 9 amide bonds. The molecule has 1 saturated carbocycles. The number of amides is 9. The van der Waals surface area contributed by atoms with Crippen molar-refractivity contribution in [3.05, 3.63) is 51.6 Å². The molecule has 524 valence electrons. The van der Waals surface area contributed by atoms with Crippen LogP contribution in [0.4, 0.5) is 0 Å². The van der Waals surface area contributed by atoms with E-state index in [2.05, 4.69) is 42.5 Å². The number of ether oxygens (including phenoxy) is 3. The second-order valence-electron chi connectivity index (χ2n) is 25.0. The molecule has 2 aromatic rings. The molecule has 13 atom stereocenters. The second-order valence-corrected chi connectivity index (χ2v) is 25.0. The molecule has 2 aromatic carbocycles. The van der Waals surface area contributed by atoms with Crippen LogP contribution in [0.25, 0.3) is 0 Å². The Morgan fingerprint density at radius 1 is 0.716 bits per heavy atom. The summed E-state index contributed by atoms with van der Waals surface area (Å²) in [6, 6.07) is -7.50. The quantitative estimate of drug-likeness (QED) is 0.0214. The average molecular weight is 1340 g/mol. The smallest absolute Gasteiger partial charge is 0.245 e. The first kappa shape index (κ1) is 75.8. The maximum absolute atomic E-state index is 14.4. The van der Waals surface area contributed by atoms with E-state index in [1.165, 1.54) is 46.1 Å². The zero-order chi connectivity index (χ0) is 70.3. The van der Waals surface area contributed by atoms with E-state index in [1.807, 2.05) is 0 Å². The number of nitrogens with two attached hydrogens (primary N) is 2. The number of carbonyl (C=O) groups excluding carboxylic acids is 12. The van der Waals surface area contributed by atoms with Crippen molar-refractivity contribution in [1.29, 1.82) is 0 Å². The fourth-order valence-electron chi connectivity index (χ4n) is 12.4.